The van der Waals surface area contributed by atoms with Gasteiger partial charge in [0.1, 0.15) is 11.5 Å². The predicted molar refractivity (Wildman–Crippen MR) is 91.5 cm³/mol. The average Bonchev–Trinajstić information content (AvgIpc) is 2.67. The van der Waals surface area contributed by atoms with E-state index < -0.39 is 11.9 Å². The minimum Gasteiger partial charge on any atom is -0.497 e. The van der Waals surface area contributed by atoms with E-state index in [4.69, 9.17) is 18.9 Å². The summed E-state index contributed by atoms with van der Waals surface area (Å²) in [4.78, 5) is 0. The van der Waals surface area contributed by atoms with E-state index in [0.717, 1.165) is 28.2 Å². The topological polar surface area (TPSA) is 57.2 Å². The molecule has 2 aromatic carbocycles. The second-order valence-electron chi connectivity index (χ2n) is 6.46. The Morgan fingerprint density at radius 2 is 1.84 bits per heavy atom. The summed E-state index contributed by atoms with van der Waals surface area (Å²) in [5.74, 6) is 1.56. The normalized spacial score (nSPS) is 21.9. The molecule has 0 saturated carbocycles. The Kier molecular flexibility index (Phi) is 4.37. The van der Waals surface area contributed by atoms with Gasteiger partial charge in [0.05, 0.1) is 19.3 Å². The summed E-state index contributed by atoms with van der Waals surface area (Å²) in [6.45, 7) is 1.54. The molecule has 4 rings (SSSR count). The fraction of sp³-hybridized carbons (Fsp3) is 0.400. The van der Waals surface area contributed by atoms with E-state index in [1.165, 1.54) is 0 Å². The number of hydrogen-bond acceptors (Lipinski definition) is 5. The van der Waals surface area contributed by atoms with Crippen molar-refractivity contribution in [2.75, 3.05) is 20.3 Å². The van der Waals surface area contributed by atoms with Crippen LogP contribution in [-0.2, 0) is 21.7 Å². The van der Waals surface area contributed by atoms with Gasteiger partial charge in [-0.3, -0.25) is 0 Å². The van der Waals surface area contributed by atoms with Crippen LogP contribution in [0.15, 0.2) is 42.5 Å². The molecule has 0 aliphatic carbocycles. The Balaban J connectivity index is 1.60. The number of fused-ring (bicyclic) bond motifs is 1. The summed E-state index contributed by atoms with van der Waals surface area (Å²) in [5, 5.41) is 11.0. The van der Waals surface area contributed by atoms with E-state index in [-0.39, 0.29) is 0 Å². The van der Waals surface area contributed by atoms with Crippen LogP contribution in [0.1, 0.15) is 35.8 Å². The van der Waals surface area contributed by atoms with Crippen molar-refractivity contribution in [3.8, 4) is 11.5 Å². The van der Waals surface area contributed by atoms with Gasteiger partial charge in [0.2, 0.25) is 6.29 Å². The van der Waals surface area contributed by atoms with Crippen molar-refractivity contribution in [1.82, 2.24) is 0 Å². The van der Waals surface area contributed by atoms with Crippen molar-refractivity contribution in [2.24, 2.45) is 0 Å². The third kappa shape index (κ3) is 3.11. The zero-order chi connectivity index (χ0) is 17.3. The van der Waals surface area contributed by atoms with Crippen LogP contribution in [0.2, 0.25) is 0 Å². The maximum Gasteiger partial charge on any atom is 0.227 e. The number of hydrogen-bond donors (Lipinski definition) is 1. The van der Waals surface area contributed by atoms with Crippen LogP contribution in [0.25, 0.3) is 0 Å². The summed E-state index contributed by atoms with van der Waals surface area (Å²) in [6.07, 6.45) is 0.717. The Morgan fingerprint density at radius 3 is 2.56 bits per heavy atom. The zero-order valence-electron chi connectivity index (χ0n) is 14.2. The predicted octanol–water partition coefficient (Wildman–Crippen LogP) is 3.30. The van der Waals surface area contributed by atoms with Crippen LogP contribution in [-0.4, -0.2) is 25.4 Å². The Bertz CT molecular complexity index is 734. The summed E-state index contributed by atoms with van der Waals surface area (Å²) < 4.78 is 22.6. The zero-order valence-corrected chi connectivity index (χ0v) is 14.2. The van der Waals surface area contributed by atoms with Gasteiger partial charge in [-0.1, -0.05) is 12.1 Å². The minimum absolute atomic E-state index is 0.408. The molecule has 2 aliphatic rings. The lowest BCUT2D eigenvalue weighted by Gasteiger charge is -2.36. The van der Waals surface area contributed by atoms with Crippen LogP contribution in [0, 0.1) is 0 Å². The van der Waals surface area contributed by atoms with E-state index in [0.29, 0.717) is 32.7 Å². The average molecular weight is 342 g/mol. The summed E-state index contributed by atoms with van der Waals surface area (Å²) in [6, 6.07) is 13.5. The van der Waals surface area contributed by atoms with Crippen LogP contribution in [0.5, 0.6) is 11.5 Å². The van der Waals surface area contributed by atoms with E-state index in [2.05, 4.69) is 0 Å². The number of ether oxygens (including phenoxy) is 4. The lowest BCUT2D eigenvalue weighted by atomic mass is 9.83. The van der Waals surface area contributed by atoms with Crippen LogP contribution >= 0.6 is 0 Å². The van der Waals surface area contributed by atoms with Gasteiger partial charge in [-0.25, -0.2) is 0 Å². The maximum absolute atomic E-state index is 11.0. The van der Waals surface area contributed by atoms with Crippen LogP contribution in [0.3, 0.4) is 0 Å². The van der Waals surface area contributed by atoms with E-state index in [9.17, 15) is 5.11 Å². The van der Waals surface area contributed by atoms with Gasteiger partial charge < -0.3 is 24.1 Å². The monoisotopic (exact) mass is 342 g/mol. The molecule has 0 amide bonds. The molecule has 25 heavy (non-hydrogen) atoms. The van der Waals surface area contributed by atoms with Crippen molar-refractivity contribution in [2.45, 2.75) is 31.3 Å². The second kappa shape index (κ2) is 6.67. The largest absolute Gasteiger partial charge is 0.497 e. The van der Waals surface area contributed by atoms with Crippen molar-refractivity contribution in [1.29, 1.82) is 0 Å². The molecular weight excluding hydrogens is 320 g/mol. The maximum atomic E-state index is 11.0. The lowest BCUT2D eigenvalue weighted by molar-refractivity contribution is -0.115. The molecule has 0 aromatic heterocycles. The SMILES string of the molecule is COc1ccc(C2OCc3c(cccc3C3(O)CCOCC3)O2)cc1. The minimum atomic E-state index is -0.872. The highest BCUT2D eigenvalue weighted by Crippen LogP contribution is 2.41. The van der Waals surface area contributed by atoms with Gasteiger partial charge in [0, 0.05) is 37.2 Å². The highest BCUT2D eigenvalue weighted by atomic mass is 16.7. The third-order valence-corrected chi connectivity index (χ3v) is 4.96. The molecule has 0 spiro atoms. The second-order valence-corrected chi connectivity index (χ2v) is 6.46. The first-order chi connectivity index (χ1) is 12.2. The molecule has 5 nitrogen and oxygen atoms in total. The summed E-state index contributed by atoms with van der Waals surface area (Å²) in [5.41, 5.74) is 1.88. The molecule has 1 N–H and O–H groups in total. The van der Waals surface area contributed by atoms with Crippen LogP contribution < -0.4 is 9.47 Å². The number of benzene rings is 2. The van der Waals surface area contributed by atoms with Gasteiger partial charge in [-0.05, 0) is 35.9 Å². The number of methoxy groups -OCH3 is 1. The van der Waals surface area contributed by atoms with E-state index in [1.807, 2.05) is 42.5 Å². The smallest absolute Gasteiger partial charge is 0.227 e. The van der Waals surface area contributed by atoms with E-state index in [1.54, 1.807) is 7.11 Å². The van der Waals surface area contributed by atoms with Gasteiger partial charge in [0.25, 0.3) is 0 Å². The number of aliphatic hydroxyl groups is 1. The molecule has 1 fully saturated rings. The molecule has 132 valence electrons. The molecule has 2 heterocycles. The van der Waals surface area contributed by atoms with Gasteiger partial charge in [0.15, 0.2) is 0 Å². The Hall–Kier alpha value is -2.08. The van der Waals surface area contributed by atoms with Crippen molar-refractivity contribution >= 4 is 0 Å². The van der Waals surface area contributed by atoms with Gasteiger partial charge in [-0.15, -0.1) is 0 Å². The van der Waals surface area contributed by atoms with E-state index >= 15 is 0 Å². The molecule has 0 radical (unpaired) electrons. The highest BCUT2D eigenvalue weighted by Gasteiger charge is 2.36. The third-order valence-electron chi connectivity index (χ3n) is 4.96. The van der Waals surface area contributed by atoms with Crippen molar-refractivity contribution < 1.29 is 24.1 Å². The summed E-state index contributed by atoms with van der Waals surface area (Å²) in [7, 11) is 1.64. The van der Waals surface area contributed by atoms with Crippen LogP contribution in [0.4, 0.5) is 0 Å². The summed E-state index contributed by atoms with van der Waals surface area (Å²) >= 11 is 0. The standard InChI is InChI=1S/C20H22O5/c1-22-15-7-5-14(6-8-15)19-24-13-16-17(3-2-4-18(16)25-19)20(21)9-11-23-12-10-20/h2-8,19,21H,9-13H2,1H3. The Labute approximate surface area is 147 Å². The highest BCUT2D eigenvalue weighted by molar-refractivity contribution is 5.44. The van der Waals surface area contributed by atoms with Crippen molar-refractivity contribution in [3.63, 3.8) is 0 Å². The molecule has 1 atom stereocenters. The molecule has 5 heteroatoms. The molecule has 1 saturated heterocycles. The van der Waals surface area contributed by atoms with Gasteiger partial charge >= 0.3 is 0 Å². The van der Waals surface area contributed by atoms with Crippen molar-refractivity contribution in [3.05, 3.63) is 59.2 Å². The quantitative estimate of drug-likeness (QED) is 0.927. The first kappa shape index (κ1) is 16.4. The Morgan fingerprint density at radius 1 is 1.08 bits per heavy atom. The lowest BCUT2D eigenvalue weighted by Crippen LogP contribution is -2.35. The number of rotatable bonds is 3. The first-order valence-corrected chi connectivity index (χ1v) is 8.54. The molecule has 1 unspecified atom stereocenters. The van der Waals surface area contributed by atoms with Gasteiger partial charge in [-0.2, -0.15) is 0 Å². The first-order valence-electron chi connectivity index (χ1n) is 8.54. The fourth-order valence-electron chi connectivity index (χ4n) is 3.47. The molecule has 0 bridgehead atoms. The molecule has 2 aliphatic heterocycles. The fourth-order valence-corrected chi connectivity index (χ4v) is 3.47. The molecule has 2 aromatic rings. The molecular formula is C20H22O5.